The van der Waals surface area contributed by atoms with Crippen LogP contribution in [0.15, 0.2) is 60.3 Å². The molecule has 0 spiro atoms. The standard InChI is InChI=1S/C23H26N2O3/c1-5-24(17-11-7-6-8-12-17)21-20(18-13-9-10-14-19(18)28-4)22(26)25(23(21)27)15-16(2)3/h6-14,16H,5,15H2,1-4H3. The molecular formula is C23H26N2O3. The molecule has 5 nitrogen and oxygen atoms in total. The second kappa shape index (κ2) is 8.30. The van der Waals surface area contributed by atoms with Gasteiger partial charge < -0.3 is 9.64 Å². The topological polar surface area (TPSA) is 49.9 Å². The summed E-state index contributed by atoms with van der Waals surface area (Å²) in [6.45, 7) is 6.91. The van der Waals surface area contributed by atoms with Gasteiger partial charge in [0.15, 0.2) is 0 Å². The molecule has 0 saturated carbocycles. The first-order valence-corrected chi connectivity index (χ1v) is 9.56. The van der Waals surface area contributed by atoms with E-state index in [0.29, 0.717) is 35.7 Å². The molecule has 0 radical (unpaired) electrons. The maximum Gasteiger partial charge on any atom is 0.278 e. The van der Waals surface area contributed by atoms with E-state index in [4.69, 9.17) is 4.74 Å². The summed E-state index contributed by atoms with van der Waals surface area (Å²) in [5.74, 6) is 0.225. The molecule has 0 unspecified atom stereocenters. The SMILES string of the molecule is CCN(C1=C(c2ccccc2OC)C(=O)N(CC(C)C)C1=O)c1ccccc1. The van der Waals surface area contributed by atoms with Gasteiger partial charge in [0.05, 0.1) is 12.7 Å². The molecule has 1 aliphatic rings. The van der Waals surface area contributed by atoms with Crippen LogP contribution in [0.25, 0.3) is 5.57 Å². The summed E-state index contributed by atoms with van der Waals surface area (Å²) < 4.78 is 5.49. The molecule has 2 aromatic carbocycles. The number of hydrogen-bond acceptors (Lipinski definition) is 4. The van der Waals surface area contributed by atoms with Crippen LogP contribution < -0.4 is 9.64 Å². The number of para-hydroxylation sites is 2. The first-order chi connectivity index (χ1) is 13.5. The van der Waals surface area contributed by atoms with Gasteiger partial charge >= 0.3 is 0 Å². The molecule has 146 valence electrons. The lowest BCUT2D eigenvalue weighted by Gasteiger charge is -2.25. The Labute approximate surface area is 166 Å². The molecule has 2 aromatic rings. The summed E-state index contributed by atoms with van der Waals surface area (Å²) in [5.41, 5.74) is 2.32. The van der Waals surface area contributed by atoms with Gasteiger partial charge in [-0.15, -0.1) is 0 Å². The quantitative estimate of drug-likeness (QED) is 0.685. The zero-order chi connectivity index (χ0) is 20.3. The van der Waals surface area contributed by atoms with Gasteiger partial charge in [0, 0.05) is 24.3 Å². The second-order valence-corrected chi connectivity index (χ2v) is 7.12. The fourth-order valence-electron chi connectivity index (χ4n) is 3.52. The summed E-state index contributed by atoms with van der Waals surface area (Å²) in [6, 6.07) is 17.0. The highest BCUT2D eigenvalue weighted by atomic mass is 16.5. The van der Waals surface area contributed by atoms with Crippen molar-refractivity contribution in [1.82, 2.24) is 4.90 Å². The van der Waals surface area contributed by atoms with Crippen LogP contribution in [0.1, 0.15) is 26.3 Å². The van der Waals surface area contributed by atoms with Crippen molar-refractivity contribution in [2.24, 2.45) is 5.92 Å². The highest BCUT2D eigenvalue weighted by molar-refractivity contribution is 6.37. The lowest BCUT2D eigenvalue weighted by atomic mass is 10.0. The average Bonchev–Trinajstić information content (AvgIpc) is 2.94. The molecule has 5 heteroatoms. The first kappa shape index (κ1) is 19.7. The Morgan fingerprint density at radius 1 is 0.964 bits per heavy atom. The highest BCUT2D eigenvalue weighted by Gasteiger charge is 2.42. The number of ether oxygens (including phenoxy) is 1. The third-order valence-electron chi connectivity index (χ3n) is 4.72. The van der Waals surface area contributed by atoms with Crippen LogP contribution in [-0.4, -0.2) is 36.9 Å². The van der Waals surface area contributed by atoms with Gasteiger partial charge in [-0.1, -0.05) is 50.2 Å². The normalized spacial score (nSPS) is 14.2. The Hall–Kier alpha value is -3.08. The Morgan fingerprint density at radius 3 is 2.21 bits per heavy atom. The summed E-state index contributed by atoms with van der Waals surface area (Å²) >= 11 is 0. The van der Waals surface area contributed by atoms with Gasteiger partial charge in [0.1, 0.15) is 11.4 Å². The Kier molecular flexibility index (Phi) is 5.83. The number of carbonyl (C=O) groups excluding carboxylic acids is 2. The van der Waals surface area contributed by atoms with Gasteiger partial charge in [0.2, 0.25) is 0 Å². The molecule has 0 fully saturated rings. The third kappa shape index (κ3) is 3.52. The minimum Gasteiger partial charge on any atom is -0.496 e. The van der Waals surface area contributed by atoms with Crippen molar-refractivity contribution in [2.75, 3.05) is 25.1 Å². The first-order valence-electron chi connectivity index (χ1n) is 9.56. The summed E-state index contributed by atoms with van der Waals surface area (Å²) in [4.78, 5) is 30.0. The van der Waals surface area contributed by atoms with Gasteiger partial charge in [-0.3, -0.25) is 14.5 Å². The van der Waals surface area contributed by atoms with E-state index in [1.54, 1.807) is 7.11 Å². The van der Waals surface area contributed by atoms with Crippen molar-refractivity contribution in [2.45, 2.75) is 20.8 Å². The molecule has 0 saturated heterocycles. The number of amides is 2. The van der Waals surface area contributed by atoms with E-state index < -0.39 is 0 Å². The summed E-state index contributed by atoms with van der Waals surface area (Å²) in [5, 5.41) is 0. The van der Waals surface area contributed by atoms with Crippen LogP contribution in [0.2, 0.25) is 0 Å². The predicted molar refractivity (Wildman–Crippen MR) is 111 cm³/mol. The number of nitrogens with zero attached hydrogens (tertiary/aromatic N) is 2. The maximum atomic E-state index is 13.4. The molecule has 1 heterocycles. The van der Waals surface area contributed by atoms with Crippen molar-refractivity contribution >= 4 is 23.1 Å². The minimum atomic E-state index is -0.271. The van der Waals surface area contributed by atoms with Crippen LogP contribution in [0.3, 0.4) is 0 Å². The summed E-state index contributed by atoms with van der Waals surface area (Å²) in [6.07, 6.45) is 0. The van der Waals surface area contributed by atoms with Crippen LogP contribution in [0.4, 0.5) is 5.69 Å². The van der Waals surface area contributed by atoms with E-state index >= 15 is 0 Å². The third-order valence-corrected chi connectivity index (χ3v) is 4.72. The van der Waals surface area contributed by atoms with Crippen molar-refractivity contribution < 1.29 is 14.3 Å². The van der Waals surface area contributed by atoms with Gasteiger partial charge in [-0.2, -0.15) is 0 Å². The zero-order valence-corrected chi connectivity index (χ0v) is 16.8. The molecule has 0 atom stereocenters. The van der Waals surface area contributed by atoms with Crippen LogP contribution in [0.5, 0.6) is 5.75 Å². The molecule has 1 aliphatic heterocycles. The Morgan fingerprint density at radius 2 is 1.61 bits per heavy atom. The van der Waals surface area contributed by atoms with E-state index in [-0.39, 0.29) is 17.7 Å². The molecule has 0 bridgehead atoms. The van der Waals surface area contributed by atoms with Gasteiger partial charge in [-0.25, -0.2) is 0 Å². The van der Waals surface area contributed by atoms with Crippen molar-refractivity contribution in [3.63, 3.8) is 0 Å². The average molecular weight is 378 g/mol. The van der Waals surface area contributed by atoms with Crippen LogP contribution in [0, 0.1) is 5.92 Å². The smallest absolute Gasteiger partial charge is 0.278 e. The number of imide groups is 1. The number of hydrogen-bond donors (Lipinski definition) is 0. The molecular weight excluding hydrogens is 352 g/mol. The molecule has 0 aliphatic carbocycles. The fraction of sp³-hybridized carbons (Fsp3) is 0.304. The number of carbonyl (C=O) groups is 2. The molecule has 0 N–H and O–H groups in total. The van der Waals surface area contributed by atoms with E-state index in [2.05, 4.69) is 0 Å². The van der Waals surface area contributed by atoms with Crippen LogP contribution in [-0.2, 0) is 9.59 Å². The number of methoxy groups -OCH3 is 1. The van der Waals surface area contributed by atoms with E-state index in [1.807, 2.05) is 80.3 Å². The van der Waals surface area contributed by atoms with E-state index in [9.17, 15) is 9.59 Å². The second-order valence-electron chi connectivity index (χ2n) is 7.12. The summed E-state index contributed by atoms with van der Waals surface area (Å²) in [7, 11) is 1.57. The highest BCUT2D eigenvalue weighted by Crippen LogP contribution is 2.37. The minimum absolute atomic E-state index is 0.179. The Balaban J connectivity index is 2.22. The van der Waals surface area contributed by atoms with Gasteiger partial charge in [-0.05, 0) is 31.0 Å². The number of rotatable bonds is 7. The van der Waals surface area contributed by atoms with Crippen LogP contribution >= 0.6 is 0 Å². The predicted octanol–water partition coefficient (Wildman–Crippen LogP) is 3.96. The zero-order valence-electron chi connectivity index (χ0n) is 16.8. The molecule has 2 amide bonds. The van der Waals surface area contributed by atoms with E-state index in [1.165, 1.54) is 4.90 Å². The van der Waals surface area contributed by atoms with Crippen molar-refractivity contribution in [1.29, 1.82) is 0 Å². The maximum absolute atomic E-state index is 13.4. The number of likely N-dealkylation sites (N-methyl/N-ethyl adjacent to an activating group) is 1. The Bertz CT molecular complexity index is 903. The molecule has 28 heavy (non-hydrogen) atoms. The largest absolute Gasteiger partial charge is 0.496 e. The lowest BCUT2D eigenvalue weighted by molar-refractivity contribution is -0.137. The number of benzene rings is 2. The van der Waals surface area contributed by atoms with Crippen molar-refractivity contribution in [3.05, 3.63) is 65.9 Å². The number of anilines is 1. The molecule has 3 rings (SSSR count). The fourth-order valence-corrected chi connectivity index (χ4v) is 3.52. The lowest BCUT2D eigenvalue weighted by Crippen LogP contribution is -2.37. The van der Waals surface area contributed by atoms with Gasteiger partial charge in [0.25, 0.3) is 11.8 Å². The van der Waals surface area contributed by atoms with E-state index in [0.717, 1.165) is 5.69 Å². The molecule has 0 aromatic heterocycles. The van der Waals surface area contributed by atoms with Crippen molar-refractivity contribution in [3.8, 4) is 5.75 Å². The monoisotopic (exact) mass is 378 g/mol.